The molecule has 0 spiro atoms. The minimum atomic E-state index is 0.308. The van der Waals surface area contributed by atoms with Crippen LogP contribution in [-0.2, 0) is 0 Å². The predicted molar refractivity (Wildman–Crippen MR) is 119 cm³/mol. The molecular weight excluding hydrogens is 374 g/mol. The van der Waals surface area contributed by atoms with Crippen LogP contribution < -0.4 is 11.1 Å². The number of anilines is 3. The van der Waals surface area contributed by atoms with Gasteiger partial charge in [-0.15, -0.1) is 5.10 Å². The number of hydrogen-bond acceptors (Lipinski definition) is 6. The second-order valence-corrected chi connectivity index (χ2v) is 8.39. The van der Waals surface area contributed by atoms with Gasteiger partial charge in [0, 0.05) is 17.9 Å². The summed E-state index contributed by atoms with van der Waals surface area (Å²) in [4.78, 5) is 11.3. The van der Waals surface area contributed by atoms with E-state index in [1.807, 2.05) is 18.2 Å². The molecule has 1 aliphatic carbocycles. The van der Waals surface area contributed by atoms with Crippen LogP contribution in [0.25, 0.3) is 5.82 Å². The van der Waals surface area contributed by atoms with Crippen LogP contribution in [-0.4, -0.2) is 43.8 Å². The van der Waals surface area contributed by atoms with E-state index in [0.717, 1.165) is 11.7 Å². The van der Waals surface area contributed by atoms with Crippen LogP contribution in [0.2, 0.25) is 0 Å². The Bertz CT molecular complexity index is 953. The predicted octanol–water partition coefficient (Wildman–Crippen LogP) is 4.11. The molecule has 30 heavy (non-hydrogen) atoms. The lowest BCUT2D eigenvalue weighted by atomic mass is 9.81. The van der Waals surface area contributed by atoms with Gasteiger partial charge in [-0.2, -0.15) is 9.67 Å². The van der Waals surface area contributed by atoms with E-state index in [0.29, 0.717) is 23.6 Å². The Hall–Kier alpha value is -2.93. The van der Waals surface area contributed by atoms with Crippen LogP contribution in [0.5, 0.6) is 0 Å². The summed E-state index contributed by atoms with van der Waals surface area (Å²) in [5, 5.41) is 7.69. The van der Waals surface area contributed by atoms with Gasteiger partial charge in [0.25, 0.3) is 0 Å². The first-order valence-corrected chi connectivity index (χ1v) is 11.0. The maximum atomic E-state index is 6.01. The smallest absolute Gasteiger partial charge is 0.248 e. The summed E-state index contributed by atoms with van der Waals surface area (Å²) in [6.45, 7) is 2.62. The van der Waals surface area contributed by atoms with Crippen molar-refractivity contribution in [2.24, 2.45) is 0 Å². The molecule has 3 aromatic rings. The Morgan fingerprint density at radius 3 is 2.40 bits per heavy atom. The molecule has 7 heteroatoms. The Balaban J connectivity index is 1.21. The number of benzene rings is 1. The molecule has 1 aliphatic heterocycles. The van der Waals surface area contributed by atoms with Crippen molar-refractivity contribution in [1.82, 2.24) is 24.6 Å². The second kappa shape index (κ2) is 8.44. The van der Waals surface area contributed by atoms with E-state index in [1.54, 1.807) is 6.20 Å². The standard InChI is InChI=1S/C23H29N7/c24-22-27-23(28-30(22)21-5-1-2-14-25-21)26-19-10-6-17(7-11-19)18-8-12-20(13-9-18)29-15-3-4-16-29/h1-2,5-7,10-11,14,18,20H,3-4,8-9,12-13,15-16H2,(H3,24,26,27,28)/t18-,20+. The molecule has 2 aliphatic rings. The third-order valence-corrected chi connectivity index (χ3v) is 6.49. The average molecular weight is 404 g/mol. The van der Waals surface area contributed by atoms with Crippen molar-refractivity contribution in [2.75, 3.05) is 24.1 Å². The molecule has 0 amide bonds. The molecule has 1 saturated carbocycles. The number of nitrogen functional groups attached to an aromatic ring is 1. The lowest BCUT2D eigenvalue weighted by molar-refractivity contribution is 0.182. The molecule has 1 saturated heterocycles. The molecule has 0 unspecified atom stereocenters. The van der Waals surface area contributed by atoms with Gasteiger partial charge in [0.15, 0.2) is 5.82 Å². The molecule has 2 fully saturated rings. The molecule has 1 aromatic carbocycles. The van der Waals surface area contributed by atoms with Gasteiger partial charge in [-0.3, -0.25) is 0 Å². The first-order chi connectivity index (χ1) is 14.8. The molecule has 3 heterocycles. The van der Waals surface area contributed by atoms with Crippen LogP contribution >= 0.6 is 0 Å². The van der Waals surface area contributed by atoms with Crippen LogP contribution in [0.4, 0.5) is 17.6 Å². The van der Waals surface area contributed by atoms with Crippen molar-refractivity contribution in [2.45, 2.75) is 50.5 Å². The van der Waals surface area contributed by atoms with E-state index in [9.17, 15) is 0 Å². The van der Waals surface area contributed by atoms with Gasteiger partial charge in [-0.1, -0.05) is 18.2 Å². The fourth-order valence-electron chi connectivity index (χ4n) is 4.87. The number of pyridine rings is 1. The molecule has 5 rings (SSSR count). The zero-order chi connectivity index (χ0) is 20.3. The lowest BCUT2D eigenvalue weighted by Crippen LogP contribution is -2.35. The number of nitrogens with two attached hydrogens (primary N) is 1. The van der Waals surface area contributed by atoms with Crippen LogP contribution in [0, 0.1) is 0 Å². The zero-order valence-corrected chi connectivity index (χ0v) is 17.2. The largest absolute Gasteiger partial charge is 0.368 e. The number of nitrogens with one attached hydrogen (secondary N) is 1. The highest BCUT2D eigenvalue weighted by Crippen LogP contribution is 2.36. The number of nitrogens with zero attached hydrogens (tertiary/aromatic N) is 5. The fourth-order valence-corrected chi connectivity index (χ4v) is 4.87. The van der Waals surface area contributed by atoms with Gasteiger partial charge in [0.2, 0.25) is 11.9 Å². The van der Waals surface area contributed by atoms with Gasteiger partial charge in [0.05, 0.1) is 0 Å². The first kappa shape index (κ1) is 19.1. The minimum absolute atomic E-state index is 0.308. The molecule has 0 radical (unpaired) electrons. The third-order valence-electron chi connectivity index (χ3n) is 6.49. The van der Waals surface area contributed by atoms with Crippen molar-refractivity contribution in [1.29, 1.82) is 0 Å². The van der Waals surface area contributed by atoms with Crippen molar-refractivity contribution in [3.8, 4) is 5.82 Å². The Labute approximate surface area is 177 Å². The van der Waals surface area contributed by atoms with E-state index in [1.165, 1.54) is 61.9 Å². The summed E-state index contributed by atoms with van der Waals surface area (Å²) in [6, 6.07) is 15.1. The quantitative estimate of drug-likeness (QED) is 0.667. The van der Waals surface area contributed by atoms with Gasteiger partial charge < -0.3 is 16.0 Å². The van der Waals surface area contributed by atoms with Gasteiger partial charge in [-0.05, 0) is 87.4 Å². The highest BCUT2D eigenvalue weighted by molar-refractivity contribution is 5.55. The minimum Gasteiger partial charge on any atom is -0.368 e. The van der Waals surface area contributed by atoms with E-state index >= 15 is 0 Å². The molecule has 156 valence electrons. The lowest BCUT2D eigenvalue weighted by Gasteiger charge is -2.34. The molecule has 0 bridgehead atoms. The number of aromatic nitrogens is 4. The normalized spacial score (nSPS) is 22.3. The van der Waals surface area contributed by atoms with Crippen molar-refractivity contribution >= 4 is 17.6 Å². The molecule has 2 aromatic heterocycles. The number of rotatable bonds is 5. The molecule has 0 atom stereocenters. The van der Waals surface area contributed by atoms with Crippen LogP contribution in [0.1, 0.15) is 50.0 Å². The van der Waals surface area contributed by atoms with E-state index < -0.39 is 0 Å². The van der Waals surface area contributed by atoms with Gasteiger partial charge in [-0.25, -0.2) is 4.98 Å². The van der Waals surface area contributed by atoms with E-state index in [4.69, 9.17) is 5.73 Å². The van der Waals surface area contributed by atoms with Crippen molar-refractivity contribution in [3.05, 3.63) is 54.2 Å². The Kier molecular flexibility index (Phi) is 5.36. The summed E-state index contributed by atoms with van der Waals surface area (Å²) >= 11 is 0. The van der Waals surface area contributed by atoms with Crippen molar-refractivity contribution < 1.29 is 0 Å². The highest BCUT2D eigenvalue weighted by atomic mass is 15.4. The molecular formula is C23H29N7. The van der Waals surface area contributed by atoms with E-state index in [2.05, 4.69) is 49.5 Å². The molecule has 7 nitrogen and oxygen atoms in total. The fraction of sp³-hybridized carbons (Fsp3) is 0.435. The van der Waals surface area contributed by atoms with Crippen LogP contribution in [0.15, 0.2) is 48.7 Å². The Morgan fingerprint density at radius 1 is 0.933 bits per heavy atom. The van der Waals surface area contributed by atoms with E-state index in [-0.39, 0.29) is 0 Å². The maximum absolute atomic E-state index is 6.01. The summed E-state index contributed by atoms with van der Waals surface area (Å²) in [5.74, 6) is 2.10. The third kappa shape index (κ3) is 4.03. The number of hydrogen-bond donors (Lipinski definition) is 2. The Morgan fingerprint density at radius 2 is 1.70 bits per heavy atom. The summed E-state index contributed by atoms with van der Waals surface area (Å²) in [7, 11) is 0. The second-order valence-electron chi connectivity index (χ2n) is 8.39. The SMILES string of the molecule is Nc1nc(Nc2ccc([C@H]3CC[C@@H](N4CCCC4)CC3)cc2)nn1-c1ccccn1. The summed E-state index contributed by atoms with van der Waals surface area (Å²) < 4.78 is 1.54. The zero-order valence-electron chi connectivity index (χ0n) is 17.2. The first-order valence-electron chi connectivity index (χ1n) is 11.0. The monoisotopic (exact) mass is 403 g/mol. The van der Waals surface area contributed by atoms with Gasteiger partial charge in [0.1, 0.15) is 0 Å². The van der Waals surface area contributed by atoms with Gasteiger partial charge >= 0.3 is 0 Å². The highest BCUT2D eigenvalue weighted by Gasteiger charge is 2.28. The summed E-state index contributed by atoms with van der Waals surface area (Å²) in [5.41, 5.74) is 8.41. The summed E-state index contributed by atoms with van der Waals surface area (Å²) in [6.07, 6.45) is 9.73. The maximum Gasteiger partial charge on any atom is 0.248 e. The average Bonchev–Trinajstić information content (AvgIpc) is 3.45. The van der Waals surface area contributed by atoms with Crippen LogP contribution in [0.3, 0.4) is 0 Å². The van der Waals surface area contributed by atoms with Crippen molar-refractivity contribution in [3.63, 3.8) is 0 Å². The number of likely N-dealkylation sites (tertiary alicyclic amines) is 1. The topological polar surface area (TPSA) is 84.9 Å². The molecule has 3 N–H and O–H groups in total.